The van der Waals surface area contributed by atoms with Crippen LogP contribution in [0.1, 0.15) is 36.0 Å². The number of rotatable bonds is 6. The molecule has 0 saturated carbocycles. The first-order valence-corrected chi connectivity index (χ1v) is 10.9. The zero-order valence-corrected chi connectivity index (χ0v) is 18.4. The van der Waals surface area contributed by atoms with E-state index >= 15 is 0 Å². The number of carboxylic acid groups (broad SMARTS) is 1. The number of hydrogen-bond donors (Lipinski definition) is 2. The molecule has 3 rings (SSSR count). The Morgan fingerprint density at radius 2 is 1.70 bits per heavy atom. The average molecular weight is 473 g/mol. The van der Waals surface area contributed by atoms with Gasteiger partial charge >= 0.3 is 12.1 Å². The lowest BCUT2D eigenvalue weighted by molar-refractivity contribution is -0.192. The summed E-state index contributed by atoms with van der Waals surface area (Å²) >= 11 is 0. The fraction of sp³-hybridized carbons (Fsp3) is 0.591. The van der Waals surface area contributed by atoms with E-state index in [9.17, 15) is 22.8 Å². The van der Waals surface area contributed by atoms with Crippen LogP contribution < -0.4 is 5.32 Å². The van der Waals surface area contributed by atoms with Crippen molar-refractivity contribution in [2.24, 2.45) is 0 Å². The fourth-order valence-electron chi connectivity index (χ4n) is 3.73. The number of hydrogen-bond acceptors (Lipinski definition) is 5. The molecule has 0 radical (unpaired) electrons. The number of alkyl halides is 3. The molecule has 0 bridgehead atoms. The van der Waals surface area contributed by atoms with E-state index in [2.05, 4.69) is 10.2 Å². The van der Waals surface area contributed by atoms with Crippen molar-refractivity contribution in [2.75, 3.05) is 45.9 Å². The van der Waals surface area contributed by atoms with Gasteiger partial charge < -0.3 is 20.1 Å². The highest BCUT2D eigenvalue weighted by Crippen LogP contribution is 2.20. The van der Waals surface area contributed by atoms with Crippen LogP contribution in [0.3, 0.4) is 0 Å². The Balaban J connectivity index is 0.000000479. The summed E-state index contributed by atoms with van der Waals surface area (Å²) < 4.78 is 37.1. The third-order valence-electron chi connectivity index (χ3n) is 5.51. The van der Waals surface area contributed by atoms with Crippen LogP contribution in [0.5, 0.6) is 0 Å². The van der Waals surface area contributed by atoms with Gasteiger partial charge in [-0.2, -0.15) is 13.2 Å². The molecule has 1 atom stereocenters. The SMILES string of the molecule is O=C(NCC(=O)N1CCCCC1CCN1CCOCC1)c1ccccc1.O=C(O)C(F)(F)F. The zero-order chi connectivity index (χ0) is 24.3. The molecule has 2 saturated heterocycles. The Morgan fingerprint density at radius 3 is 2.30 bits per heavy atom. The van der Waals surface area contributed by atoms with Crippen LogP contribution in [0, 0.1) is 0 Å². The molecule has 0 aromatic heterocycles. The first-order valence-electron chi connectivity index (χ1n) is 10.9. The highest BCUT2D eigenvalue weighted by molar-refractivity contribution is 5.96. The molecule has 1 unspecified atom stereocenters. The number of amides is 2. The summed E-state index contributed by atoms with van der Waals surface area (Å²) in [6, 6.07) is 9.31. The summed E-state index contributed by atoms with van der Waals surface area (Å²) in [5, 5.41) is 9.89. The van der Waals surface area contributed by atoms with Gasteiger partial charge in [-0.1, -0.05) is 18.2 Å². The number of morpholine rings is 1. The number of ether oxygens (including phenoxy) is 1. The van der Waals surface area contributed by atoms with E-state index in [4.69, 9.17) is 14.6 Å². The minimum atomic E-state index is -5.08. The Hall–Kier alpha value is -2.66. The maximum Gasteiger partial charge on any atom is 0.490 e. The lowest BCUT2D eigenvalue weighted by Gasteiger charge is -2.37. The molecule has 2 N–H and O–H groups in total. The largest absolute Gasteiger partial charge is 0.490 e. The maximum atomic E-state index is 12.7. The molecule has 11 heteroatoms. The van der Waals surface area contributed by atoms with Gasteiger partial charge in [0.25, 0.3) is 5.91 Å². The van der Waals surface area contributed by atoms with Gasteiger partial charge in [-0.25, -0.2) is 4.79 Å². The monoisotopic (exact) mass is 473 g/mol. The number of aliphatic carboxylic acids is 1. The van der Waals surface area contributed by atoms with Crippen molar-refractivity contribution in [1.82, 2.24) is 15.1 Å². The molecule has 2 heterocycles. The topological polar surface area (TPSA) is 99.2 Å². The highest BCUT2D eigenvalue weighted by atomic mass is 19.4. The molecule has 0 spiro atoms. The van der Waals surface area contributed by atoms with Gasteiger partial charge in [0.1, 0.15) is 0 Å². The van der Waals surface area contributed by atoms with E-state index < -0.39 is 12.1 Å². The Kier molecular flexibility index (Phi) is 10.6. The predicted octanol–water partition coefficient (Wildman–Crippen LogP) is 2.15. The third-order valence-corrected chi connectivity index (χ3v) is 5.51. The highest BCUT2D eigenvalue weighted by Gasteiger charge is 2.38. The minimum Gasteiger partial charge on any atom is -0.475 e. The number of nitrogens with one attached hydrogen (secondary N) is 1. The minimum absolute atomic E-state index is 0.0287. The molecule has 2 aliphatic heterocycles. The van der Waals surface area contributed by atoms with Crippen LogP contribution in [-0.4, -0.2) is 90.8 Å². The first-order chi connectivity index (χ1) is 15.7. The van der Waals surface area contributed by atoms with Crippen molar-refractivity contribution >= 4 is 17.8 Å². The number of likely N-dealkylation sites (tertiary alicyclic amines) is 1. The van der Waals surface area contributed by atoms with Gasteiger partial charge in [-0.15, -0.1) is 0 Å². The second-order valence-corrected chi connectivity index (χ2v) is 7.83. The second-order valence-electron chi connectivity index (χ2n) is 7.83. The van der Waals surface area contributed by atoms with Crippen LogP contribution in [-0.2, 0) is 14.3 Å². The standard InChI is InChI=1S/C20H29N3O3.C2HF3O2/c24-19(16-21-20(25)17-6-2-1-3-7-17)23-10-5-4-8-18(23)9-11-22-12-14-26-15-13-22;3-2(4,5)1(6)7/h1-3,6-7,18H,4-5,8-16H2,(H,21,25);(H,6,7). The van der Waals surface area contributed by atoms with Crippen LogP contribution in [0.15, 0.2) is 30.3 Å². The van der Waals surface area contributed by atoms with Gasteiger partial charge in [-0.05, 0) is 37.8 Å². The quantitative estimate of drug-likeness (QED) is 0.657. The van der Waals surface area contributed by atoms with Crippen molar-refractivity contribution in [1.29, 1.82) is 0 Å². The van der Waals surface area contributed by atoms with Crippen molar-refractivity contribution < 1.29 is 37.4 Å². The molecule has 2 fully saturated rings. The molecule has 2 aliphatic rings. The van der Waals surface area contributed by atoms with E-state index in [0.717, 1.165) is 58.7 Å². The van der Waals surface area contributed by atoms with E-state index in [1.807, 2.05) is 23.1 Å². The van der Waals surface area contributed by atoms with Crippen molar-refractivity contribution in [2.45, 2.75) is 37.9 Å². The van der Waals surface area contributed by atoms with Crippen LogP contribution in [0.2, 0.25) is 0 Å². The van der Waals surface area contributed by atoms with Crippen LogP contribution >= 0.6 is 0 Å². The van der Waals surface area contributed by atoms with Gasteiger partial charge in [0.05, 0.1) is 19.8 Å². The number of carboxylic acids is 1. The molecule has 2 amide bonds. The van der Waals surface area contributed by atoms with Gasteiger partial charge in [-0.3, -0.25) is 14.5 Å². The summed E-state index contributed by atoms with van der Waals surface area (Å²) in [7, 11) is 0. The lowest BCUT2D eigenvalue weighted by atomic mass is 9.99. The zero-order valence-electron chi connectivity index (χ0n) is 18.4. The van der Waals surface area contributed by atoms with Gasteiger partial charge in [0, 0.05) is 37.8 Å². The molecular formula is C22H30F3N3O5. The number of piperidine rings is 1. The summed E-state index contributed by atoms with van der Waals surface area (Å²) in [6.45, 7) is 5.45. The molecule has 184 valence electrons. The Labute approximate surface area is 190 Å². The summed E-state index contributed by atoms with van der Waals surface area (Å²) in [5.41, 5.74) is 0.586. The number of carbonyl (C=O) groups excluding carboxylic acids is 2. The predicted molar refractivity (Wildman–Crippen MR) is 114 cm³/mol. The smallest absolute Gasteiger partial charge is 0.475 e. The van der Waals surface area contributed by atoms with Crippen LogP contribution in [0.25, 0.3) is 0 Å². The van der Waals surface area contributed by atoms with E-state index in [0.29, 0.717) is 5.56 Å². The molecular weight excluding hydrogens is 443 g/mol. The first kappa shape index (κ1) is 26.6. The summed E-state index contributed by atoms with van der Waals surface area (Å²) in [4.78, 5) is 38.1. The molecule has 8 nitrogen and oxygen atoms in total. The van der Waals surface area contributed by atoms with E-state index in [1.165, 1.54) is 6.42 Å². The van der Waals surface area contributed by atoms with Crippen molar-refractivity contribution in [3.63, 3.8) is 0 Å². The number of carbonyl (C=O) groups is 3. The normalized spacial score (nSPS) is 19.2. The number of nitrogens with zero attached hydrogens (tertiary/aromatic N) is 2. The maximum absolute atomic E-state index is 12.7. The Morgan fingerprint density at radius 1 is 1.06 bits per heavy atom. The van der Waals surface area contributed by atoms with Gasteiger partial charge in [0.2, 0.25) is 5.91 Å². The summed E-state index contributed by atoms with van der Waals surface area (Å²) in [6.07, 6.45) is -0.804. The summed E-state index contributed by atoms with van der Waals surface area (Å²) in [5.74, 6) is -2.92. The molecule has 1 aromatic carbocycles. The third kappa shape index (κ3) is 9.39. The van der Waals surface area contributed by atoms with E-state index in [1.54, 1.807) is 12.1 Å². The van der Waals surface area contributed by atoms with E-state index in [-0.39, 0.29) is 24.4 Å². The molecule has 0 aliphatic carbocycles. The molecule has 1 aromatic rings. The second kappa shape index (κ2) is 13.1. The average Bonchev–Trinajstić information content (AvgIpc) is 2.82. The van der Waals surface area contributed by atoms with Crippen LogP contribution in [0.4, 0.5) is 13.2 Å². The van der Waals surface area contributed by atoms with Gasteiger partial charge in [0.15, 0.2) is 0 Å². The number of halogens is 3. The number of benzene rings is 1. The van der Waals surface area contributed by atoms with Crippen molar-refractivity contribution in [3.05, 3.63) is 35.9 Å². The van der Waals surface area contributed by atoms with Crippen molar-refractivity contribution in [3.8, 4) is 0 Å². The fourth-order valence-corrected chi connectivity index (χ4v) is 3.73. The Bertz CT molecular complexity index is 770. The molecule has 33 heavy (non-hydrogen) atoms. The lowest BCUT2D eigenvalue weighted by Crippen LogP contribution is -2.49.